The van der Waals surface area contributed by atoms with Crippen molar-refractivity contribution in [1.29, 1.82) is 0 Å². The molecule has 6 aliphatic rings. The molecule has 6 saturated heterocycles. The maximum Gasteiger partial charge on any atom is 0.224 e. The Labute approximate surface area is 621 Å². The molecule has 106 heavy (non-hydrogen) atoms. The van der Waals surface area contributed by atoms with Crippen LogP contribution < -0.4 is 10.6 Å². The van der Waals surface area contributed by atoms with Gasteiger partial charge in [-0.25, -0.2) is 0 Å². The first-order valence-electron chi connectivity index (χ1n) is 38.0. The van der Waals surface area contributed by atoms with E-state index in [-0.39, 0.29) is 83.8 Å². The molecule has 0 spiro atoms. The van der Waals surface area contributed by atoms with Gasteiger partial charge in [0.15, 0.2) is 34.7 Å². The van der Waals surface area contributed by atoms with Gasteiger partial charge in [0.1, 0.15) is 140 Å². The predicted octanol–water partition coefficient (Wildman–Crippen LogP) is -2.95. The van der Waals surface area contributed by atoms with Gasteiger partial charge in [-0.1, -0.05) is 60.3 Å². The van der Waals surface area contributed by atoms with Crippen molar-refractivity contribution in [3.63, 3.8) is 0 Å². The fourth-order valence-corrected chi connectivity index (χ4v) is 14.9. The minimum absolute atomic E-state index is 0.0262. The van der Waals surface area contributed by atoms with Crippen LogP contribution in [0.5, 0.6) is 0 Å². The van der Waals surface area contributed by atoms with Crippen molar-refractivity contribution >= 4 is 11.8 Å². The smallest absolute Gasteiger partial charge is 0.224 e. The molecule has 0 saturated carbocycles. The number of nitrogens with one attached hydrogen (secondary N) is 2. The monoisotopic (exact) mass is 1540 g/mol. The predicted molar refractivity (Wildman–Crippen MR) is 368 cm³/mol. The van der Waals surface area contributed by atoms with Crippen molar-refractivity contribution in [2.45, 2.75) is 342 Å². The second kappa shape index (κ2) is 40.6. The Morgan fingerprint density at radius 2 is 0.679 bits per heavy atom. The SMILES string of the molecule is CCCC(CC)C(=O)NCNC(=O)C(CCC(CC)COC1C(O)C(O)C(COC2(C)OC(COCC)C(O)C(O)C2O)OC1(C)OCC1OC(C)(OCC)C(O)C(O)C1O)CC(CC)COC1C(O)C(O)C(COC2(C)OC(CCC)C(O)C(O)C2O)OC1(C)OCC1OC(C)(OCC)C(O)C(O)C1O. The summed E-state index contributed by atoms with van der Waals surface area (Å²) in [5.74, 6) is -14.8. The molecule has 6 fully saturated rings. The molecular formula is C71H130N2O33. The van der Waals surface area contributed by atoms with Crippen LogP contribution in [-0.2, 0) is 80.6 Å². The lowest BCUT2D eigenvalue weighted by atomic mass is 9.86. The van der Waals surface area contributed by atoms with Gasteiger partial charge in [0.2, 0.25) is 11.8 Å². The van der Waals surface area contributed by atoms with Crippen molar-refractivity contribution < 1.29 is 162 Å². The third kappa shape index (κ3) is 22.0. The zero-order valence-corrected chi connectivity index (χ0v) is 64.1. The van der Waals surface area contributed by atoms with Gasteiger partial charge in [0, 0.05) is 31.7 Å². The van der Waals surface area contributed by atoms with E-state index >= 15 is 0 Å². The summed E-state index contributed by atoms with van der Waals surface area (Å²) in [5.41, 5.74) is 0. The zero-order valence-electron chi connectivity index (χ0n) is 64.1. The largest absolute Gasteiger partial charge is 0.388 e. The maximum atomic E-state index is 14.7. The van der Waals surface area contributed by atoms with Crippen LogP contribution in [0.3, 0.4) is 0 Å². The van der Waals surface area contributed by atoms with Crippen LogP contribution >= 0.6 is 0 Å². The molecule has 35 heteroatoms. The van der Waals surface area contributed by atoms with E-state index < -0.39 is 231 Å². The minimum Gasteiger partial charge on any atom is -0.388 e. The van der Waals surface area contributed by atoms with E-state index in [9.17, 15) is 91.3 Å². The highest BCUT2D eigenvalue weighted by Crippen LogP contribution is 2.42. The van der Waals surface area contributed by atoms with Gasteiger partial charge in [0.05, 0.1) is 59.0 Å². The van der Waals surface area contributed by atoms with Crippen LogP contribution in [-0.4, -0.2) is 347 Å². The van der Waals surface area contributed by atoms with Crippen molar-refractivity contribution in [2.24, 2.45) is 23.7 Å². The summed E-state index contributed by atoms with van der Waals surface area (Å²) in [6, 6.07) is 0. The molecule has 0 aliphatic carbocycles. The van der Waals surface area contributed by atoms with Crippen LogP contribution in [0.2, 0.25) is 0 Å². The Morgan fingerprint density at radius 1 is 0.349 bits per heavy atom. The summed E-state index contributed by atoms with van der Waals surface area (Å²) in [4.78, 5) is 28.0. The van der Waals surface area contributed by atoms with Gasteiger partial charge in [-0.2, -0.15) is 0 Å². The lowest BCUT2D eigenvalue weighted by Crippen LogP contribution is -2.69. The molecular weight excluding hydrogens is 1410 g/mol. The van der Waals surface area contributed by atoms with Crippen molar-refractivity contribution in [3.05, 3.63) is 0 Å². The van der Waals surface area contributed by atoms with Gasteiger partial charge in [-0.3, -0.25) is 9.59 Å². The standard InChI is InChI=1S/C71H130N2O33/c1-15-23-38(19-5)64(90)72-35-73-65(91)39(27-37(18-4)29-94-63-57(85)51(79)44(31-97-68(11)60(88)52(80)46(74)40(101-68)24-16-2)106-71(63,14)100-34-43-49(77)55(83)59(87)67(10,104-43)96-22-8)26-25-36(17-3)28-93-62-56(84)50(78)45(32-98-69(12)61(89)53(81)47(75)41(102-69)30-92-20-6)105-70(62,13)99-33-42-48(76)54(82)58(86)66(9,103-42)95-21-7/h36-63,74-89H,15-35H2,1-14H3,(H,72,90)(H,73,91). The molecule has 18 N–H and O–H groups in total. The number of hydrogen-bond donors (Lipinski definition) is 18. The summed E-state index contributed by atoms with van der Waals surface area (Å²) in [6.45, 7) is 19.4. The summed E-state index contributed by atoms with van der Waals surface area (Å²) in [6.07, 6.45) is -35.3. The lowest BCUT2D eigenvalue weighted by Gasteiger charge is -2.51. The van der Waals surface area contributed by atoms with Gasteiger partial charge >= 0.3 is 0 Å². The fourth-order valence-electron chi connectivity index (χ4n) is 14.9. The zero-order chi connectivity index (χ0) is 79.2. The molecule has 0 aromatic heterocycles. The molecule has 6 heterocycles. The third-order valence-electron chi connectivity index (χ3n) is 22.0. The molecule has 622 valence electrons. The van der Waals surface area contributed by atoms with Crippen LogP contribution in [0.1, 0.15) is 161 Å². The van der Waals surface area contributed by atoms with Crippen molar-refractivity contribution in [1.82, 2.24) is 10.6 Å². The summed E-state index contributed by atoms with van der Waals surface area (Å²) in [7, 11) is 0. The van der Waals surface area contributed by atoms with E-state index in [0.29, 0.717) is 32.1 Å². The number of carbonyl (C=O) groups is 2. The number of aliphatic hydroxyl groups excluding tert-OH is 16. The molecule has 2 amide bonds. The van der Waals surface area contributed by atoms with Gasteiger partial charge < -0.3 is 163 Å². The number of amides is 2. The van der Waals surface area contributed by atoms with Crippen LogP contribution in [0.4, 0.5) is 0 Å². The molecule has 0 aromatic carbocycles. The van der Waals surface area contributed by atoms with E-state index in [0.717, 1.165) is 6.42 Å². The Hall–Kier alpha value is -2.30. The van der Waals surface area contributed by atoms with Crippen molar-refractivity contribution in [3.8, 4) is 0 Å². The Balaban J connectivity index is 1.26. The Morgan fingerprint density at radius 3 is 1.04 bits per heavy atom. The molecule has 6 aliphatic heterocycles. The first-order valence-corrected chi connectivity index (χ1v) is 38.0. The molecule has 34 atom stereocenters. The Kier molecular flexibility index (Phi) is 35.5. The van der Waals surface area contributed by atoms with Gasteiger partial charge in [0.25, 0.3) is 0 Å². The minimum atomic E-state index is -2.12. The first kappa shape index (κ1) is 92.6. The fraction of sp³-hybridized carbons (Fsp3) is 0.972. The number of aliphatic hydroxyl groups is 16. The highest BCUT2D eigenvalue weighted by atomic mass is 16.8. The number of carbonyl (C=O) groups excluding carboxylic acids is 2. The summed E-state index contributed by atoms with van der Waals surface area (Å²) in [5, 5.41) is 186. The molecule has 0 radical (unpaired) electrons. The quantitative estimate of drug-likeness (QED) is 0.0272. The average Bonchev–Trinajstić information content (AvgIpc) is 0.758. The molecule has 0 bridgehead atoms. The topological polar surface area (TPSA) is 520 Å². The highest BCUT2D eigenvalue weighted by Gasteiger charge is 2.61. The maximum absolute atomic E-state index is 14.7. The van der Waals surface area contributed by atoms with Gasteiger partial charge in [-0.15, -0.1) is 0 Å². The lowest BCUT2D eigenvalue weighted by molar-refractivity contribution is -0.400. The second-order valence-corrected chi connectivity index (χ2v) is 30.0. The van der Waals surface area contributed by atoms with E-state index in [1.54, 1.807) is 20.8 Å². The Bertz CT molecular complexity index is 2620. The molecule has 6 rings (SSSR count). The van der Waals surface area contributed by atoms with Gasteiger partial charge in [-0.05, 0) is 113 Å². The number of hydrogen-bond acceptors (Lipinski definition) is 33. The summed E-state index contributed by atoms with van der Waals surface area (Å²) >= 11 is 0. The van der Waals surface area contributed by atoms with Crippen molar-refractivity contribution in [2.75, 3.05) is 72.7 Å². The van der Waals surface area contributed by atoms with E-state index in [4.69, 9.17) is 71.1 Å². The van der Waals surface area contributed by atoms with Crippen LogP contribution in [0, 0.1) is 23.7 Å². The number of rotatable bonds is 41. The van der Waals surface area contributed by atoms with E-state index in [1.165, 1.54) is 41.5 Å². The second-order valence-electron chi connectivity index (χ2n) is 30.0. The van der Waals surface area contributed by atoms with Crippen LogP contribution in [0.25, 0.3) is 0 Å². The molecule has 35 nitrogen and oxygen atoms in total. The normalized spacial score (nSPS) is 43.5. The van der Waals surface area contributed by atoms with E-state index in [2.05, 4.69) is 10.6 Å². The summed E-state index contributed by atoms with van der Waals surface area (Å²) < 4.78 is 91.9. The van der Waals surface area contributed by atoms with Crippen LogP contribution in [0.15, 0.2) is 0 Å². The highest BCUT2D eigenvalue weighted by molar-refractivity contribution is 5.81. The van der Waals surface area contributed by atoms with E-state index in [1.807, 2.05) is 34.6 Å². The third-order valence-corrected chi connectivity index (χ3v) is 22.0. The number of ether oxygens (including phenoxy) is 15. The molecule has 0 aromatic rings. The average molecular weight is 1540 g/mol. The first-order chi connectivity index (χ1) is 49.8. The molecule has 34 unspecified atom stereocenters.